The van der Waals surface area contributed by atoms with Crippen LogP contribution in [0.25, 0.3) is 0 Å². The fourth-order valence-corrected chi connectivity index (χ4v) is 0.167. The maximum Gasteiger partial charge on any atom is 0.0719 e. The normalized spacial score (nSPS) is 19.5. The van der Waals surface area contributed by atoms with Gasteiger partial charge >= 0.3 is 0 Å². The quantitative estimate of drug-likeness (QED) is 0.293. The minimum Gasteiger partial charge on any atom is -0.117 e. The van der Waals surface area contributed by atoms with Gasteiger partial charge in [0.05, 0.1) is 21.4 Å². The molecule has 4 heavy (non-hydrogen) atoms. The van der Waals surface area contributed by atoms with Crippen LogP contribution in [-0.4, -0.2) is 21.4 Å². The summed E-state index contributed by atoms with van der Waals surface area (Å²) in [5, 5.41) is 0. The van der Waals surface area contributed by atoms with Crippen molar-refractivity contribution in [2.75, 3.05) is 0 Å². The monoisotopic (exact) mass is 50.1 g/mol. The fourth-order valence-electron chi connectivity index (χ4n) is 0.167. The van der Waals surface area contributed by atoms with Crippen LogP contribution in [0.2, 0.25) is 6.22 Å². The molecule has 0 aromatic carbocycles. The molecule has 1 rings (SSSR count). The molecule has 0 aliphatic carbocycles. The highest BCUT2D eigenvalue weighted by molar-refractivity contribution is 7.49. The van der Waals surface area contributed by atoms with Crippen LogP contribution < -0.4 is 0 Å². The number of hydrogen-bond acceptors (Lipinski definition) is 0. The van der Waals surface area contributed by atoms with E-state index in [-0.39, 0.29) is 0 Å². The molecule has 0 amide bonds. The lowest BCUT2D eigenvalue weighted by atomic mass is 9.37. The lowest BCUT2D eigenvalue weighted by Crippen LogP contribution is -1.83. The van der Waals surface area contributed by atoms with E-state index in [9.17, 15) is 0 Å². The van der Waals surface area contributed by atoms with Gasteiger partial charge in [0.25, 0.3) is 0 Å². The van der Waals surface area contributed by atoms with Crippen LogP contribution in [0.3, 0.4) is 0 Å². The van der Waals surface area contributed by atoms with E-state index in [1.165, 1.54) is 13.4 Å². The summed E-state index contributed by atoms with van der Waals surface area (Å²) >= 11 is 0. The molecule has 3 heteroatoms. The van der Waals surface area contributed by atoms with Gasteiger partial charge in [0.1, 0.15) is 0 Å². The standard InChI is InChI=1S/CH5B3/c2-4-1-3-4/h3H,1-2H2. The first-order valence-corrected chi connectivity index (χ1v) is 1.89. The Kier molecular flexibility index (Phi) is 0.347. The molecule has 1 aliphatic heterocycles. The van der Waals surface area contributed by atoms with Gasteiger partial charge in [-0.2, -0.15) is 0 Å². The van der Waals surface area contributed by atoms with E-state index >= 15 is 0 Å². The molecule has 0 atom stereocenters. The van der Waals surface area contributed by atoms with E-state index in [2.05, 4.69) is 7.74 Å². The zero-order valence-electron chi connectivity index (χ0n) is 2.99. The van der Waals surface area contributed by atoms with Gasteiger partial charge < -0.3 is 0 Å². The first kappa shape index (κ1) is 2.43. The Hall–Kier alpha value is 0.195. The minimum absolute atomic E-state index is 1.08. The van der Waals surface area contributed by atoms with Crippen molar-refractivity contribution in [2.45, 2.75) is 6.22 Å². The minimum atomic E-state index is 1.08. The summed E-state index contributed by atoms with van der Waals surface area (Å²) in [4.78, 5) is 0. The van der Waals surface area contributed by atoms with Crippen LogP contribution >= 0.6 is 0 Å². The SMILES string of the molecule is BB1BC1. The lowest BCUT2D eigenvalue weighted by Gasteiger charge is -1.44. The first-order valence-electron chi connectivity index (χ1n) is 1.89. The summed E-state index contributed by atoms with van der Waals surface area (Å²) in [5.41, 5.74) is 0. The highest BCUT2D eigenvalue weighted by Gasteiger charge is 2.19. The predicted molar refractivity (Wildman–Crippen MR) is 26.3 cm³/mol. The van der Waals surface area contributed by atoms with Crippen molar-refractivity contribution in [2.24, 2.45) is 0 Å². The molecule has 0 bridgehead atoms. The molecule has 1 aliphatic rings. The Morgan fingerprint density at radius 3 is 2.25 bits per heavy atom. The van der Waals surface area contributed by atoms with Crippen LogP contribution in [-0.2, 0) is 0 Å². The topological polar surface area (TPSA) is 0 Å². The van der Waals surface area contributed by atoms with Gasteiger partial charge in [-0.15, -0.1) is 6.22 Å². The molecule has 0 aromatic heterocycles. The zero-order chi connectivity index (χ0) is 2.99. The maximum absolute atomic E-state index is 2.28. The molecular weight excluding hydrogens is 44.4 g/mol. The lowest BCUT2D eigenvalue weighted by molar-refractivity contribution is 2.24. The highest BCUT2D eigenvalue weighted by atomic mass is 13.4. The van der Waals surface area contributed by atoms with E-state index < -0.39 is 0 Å². The number of rotatable bonds is 0. The molecule has 0 N–H and O–H groups in total. The Bertz CT molecular complexity index is 22.5. The van der Waals surface area contributed by atoms with E-state index in [4.69, 9.17) is 0 Å². The van der Waals surface area contributed by atoms with Crippen LogP contribution in [0, 0.1) is 0 Å². The summed E-state index contributed by atoms with van der Waals surface area (Å²) in [6.45, 7) is 1.08. The molecule has 1 saturated heterocycles. The van der Waals surface area contributed by atoms with Crippen LogP contribution in [0.1, 0.15) is 0 Å². The zero-order valence-corrected chi connectivity index (χ0v) is 2.99. The van der Waals surface area contributed by atoms with Crippen molar-refractivity contribution in [3.63, 3.8) is 0 Å². The fraction of sp³-hybridized carbons (Fsp3) is 1.00. The Labute approximate surface area is 28.7 Å². The van der Waals surface area contributed by atoms with Gasteiger partial charge in [-0.1, -0.05) is 0 Å². The molecule has 1 heterocycles. The van der Waals surface area contributed by atoms with Gasteiger partial charge in [-0.3, -0.25) is 0 Å². The average molecular weight is 49.5 g/mol. The summed E-state index contributed by atoms with van der Waals surface area (Å²) in [5.74, 6) is 0. The second-order valence-corrected chi connectivity index (χ2v) is 1.68. The van der Waals surface area contributed by atoms with Crippen molar-refractivity contribution in [1.29, 1.82) is 0 Å². The predicted octanol–water partition coefficient (Wildman–Crippen LogP) is -1.48. The molecule has 1 fully saturated rings. The Morgan fingerprint density at radius 1 is 2.00 bits per heavy atom. The summed E-state index contributed by atoms with van der Waals surface area (Å²) < 4.78 is 0. The third kappa shape index (κ3) is 0.307. The molecule has 0 radical (unpaired) electrons. The highest BCUT2D eigenvalue weighted by Crippen LogP contribution is 1.98. The number of hydrogen-bond donors (Lipinski definition) is 0. The summed E-state index contributed by atoms with van der Waals surface area (Å²) in [6, 6.07) is 0. The molecule has 0 spiro atoms. The van der Waals surface area contributed by atoms with Crippen molar-refractivity contribution >= 4 is 21.4 Å². The van der Waals surface area contributed by atoms with E-state index in [0.29, 0.717) is 0 Å². The van der Waals surface area contributed by atoms with Crippen LogP contribution in [0.15, 0.2) is 0 Å². The van der Waals surface area contributed by atoms with Crippen LogP contribution in [0.5, 0.6) is 0 Å². The van der Waals surface area contributed by atoms with E-state index in [1.807, 2.05) is 0 Å². The molecule has 0 aromatic rings. The molecule has 18 valence electrons. The molecule has 0 nitrogen and oxygen atoms in total. The summed E-state index contributed by atoms with van der Waals surface area (Å²) in [7, 11) is 3.76. The smallest absolute Gasteiger partial charge is 0.0719 e. The first-order chi connectivity index (χ1) is 1.89. The van der Waals surface area contributed by atoms with Gasteiger partial charge in [-0.05, 0) is 0 Å². The van der Waals surface area contributed by atoms with Crippen molar-refractivity contribution in [3.05, 3.63) is 0 Å². The third-order valence-electron chi connectivity index (χ3n) is 0.866. The molecule has 0 saturated carbocycles. The van der Waals surface area contributed by atoms with Gasteiger partial charge in [0, 0.05) is 0 Å². The Morgan fingerprint density at radius 2 is 2.25 bits per heavy atom. The van der Waals surface area contributed by atoms with Gasteiger partial charge in [0.15, 0.2) is 0 Å². The second-order valence-electron chi connectivity index (χ2n) is 1.68. The van der Waals surface area contributed by atoms with E-state index in [1.54, 1.807) is 0 Å². The van der Waals surface area contributed by atoms with Gasteiger partial charge in [0.2, 0.25) is 0 Å². The molecule has 0 unspecified atom stereocenters. The Balaban J connectivity index is 2.17. The van der Waals surface area contributed by atoms with Crippen LogP contribution in [0.4, 0.5) is 0 Å². The second kappa shape index (κ2) is 0.570. The van der Waals surface area contributed by atoms with E-state index in [0.717, 1.165) is 6.49 Å². The van der Waals surface area contributed by atoms with Crippen molar-refractivity contribution < 1.29 is 0 Å². The average Bonchev–Trinajstić information content (AvgIpc) is 1.75. The van der Waals surface area contributed by atoms with Crippen molar-refractivity contribution in [3.8, 4) is 0 Å². The third-order valence-corrected chi connectivity index (χ3v) is 0.866. The summed E-state index contributed by atoms with van der Waals surface area (Å²) in [6.07, 6.45) is 1.49. The van der Waals surface area contributed by atoms with Crippen molar-refractivity contribution in [1.82, 2.24) is 0 Å². The molecular formula is CH5B3. The maximum atomic E-state index is 2.28. The van der Waals surface area contributed by atoms with Gasteiger partial charge in [-0.25, -0.2) is 0 Å². The largest absolute Gasteiger partial charge is 0.117 e.